The van der Waals surface area contributed by atoms with Crippen LogP contribution < -0.4 is 5.32 Å². The molecule has 0 spiro atoms. The minimum atomic E-state index is 0.232. The summed E-state index contributed by atoms with van der Waals surface area (Å²) in [6, 6.07) is 0. The van der Waals surface area contributed by atoms with Crippen LogP contribution in [0, 0.1) is 11.3 Å². The number of rotatable bonds is 7. The van der Waals surface area contributed by atoms with Crippen LogP contribution in [0.3, 0.4) is 0 Å². The van der Waals surface area contributed by atoms with Crippen molar-refractivity contribution in [1.82, 2.24) is 20.1 Å². The average Bonchev–Trinajstić information content (AvgIpc) is 2.64. The maximum absolute atomic E-state index is 4.34. The average molecular weight is 238 g/mol. The summed E-state index contributed by atoms with van der Waals surface area (Å²) in [7, 11) is 1.96. The maximum Gasteiger partial charge on any atom is 0.138 e. The van der Waals surface area contributed by atoms with Gasteiger partial charge in [-0.15, -0.1) is 0 Å². The highest BCUT2D eigenvalue weighted by molar-refractivity contribution is 4.94. The first-order valence-corrected chi connectivity index (χ1v) is 6.53. The minimum Gasteiger partial charge on any atom is -0.316 e. The van der Waals surface area contributed by atoms with Crippen molar-refractivity contribution < 1.29 is 0 Å². The molecule has 1 unspecified atom stereocenters. The normalized spacial score (nSPS) is 15.2. The summed E-state index contributed by atoms with van der Waals surface area (Å²) in [6.07, 6.45) is 3.78. The summed E-state index contributed by atoms with van der Waals surface area (Å²) in [5.41, 5.74) is 0.232. The van der Waals surface area contributed by atoms with Crippen LogP contribution >= 0.6 is 0 Å². The van der Waals surface area contributed by atoms with Crippen LogP contribution in [0.15, 0.2) is 6.33 Å². The Labute approximate surface area is 105 Å². The standard InChI is InChI=1S/C13H26N4/c1-6-7-14-9-13(4,11(2)3)8-12-15-10-16-17(12)5/h10-11,14H,6-9H2,1-5H3. The molecule has 1 heterocycles. The zero-order valence-electron chi connectivity index (χ0n) is 11.8. The van der Waals surface area contributed by atoms with E-state index in [1.54, 1.807) is 6.33 Å². The van der Waals surface area contributed by atoms with E-state index in [2.05, 4.69) is 43.1 Å². The minimum absolute atomic E-state index is 0.232. The zero-order valence-corrected chi connectivity index (χ0v) is 11.8. The molecule has 17 heavy (non-hydrogen) atoms. The molecule has 1 N–H and O–H groups in total. The molecule has 4 heteroatoms. The number of aromatic nitrogens is 3. The fourth-order valence-electron chi connectivity index (χ4n) is 1.86. The molecule has 0 saturated carbocycles. The molecule has 0 saturated heterocycles. The van der Waals surface area contributed by atoms with Gasteiger partial charge >= 0.3 is 0 Å². The number of hydrogen-bond acceptors (Lipinski definition) is 3. The third-order valence-electron chi connectivity index (χ3n) is 3.72. The molecule has 0 aliphatic rings. The second-order valence-corrected chi connectivity index (χ2v) is 5.46. The lowest BCUT2D eigenvalue weighted by atomic mass is 9.76. The summed E-state index contributed by atoms with van der Waals surface area (Å²) in [4.78, 5) is 4.34. The Bertz CT molecular complexity index is 332. The smallest absolute Gasteiger partial charge is 0.138 e. The summed E-state index contributed by atoms with van der Waals surface area (Å²) >= 11 is 0. The van der Waals surface area contributed by atoms with E-state index in [1.807, 2.05) is 11.7 Å². The van der Waals surface area contributed by atoms with Crippen LogP contribution in [0.5, 0.6) is 0 Å². The summed E-state index contributed by atoms with van der Waals surface area (Å²) in [5, 5.41) is 7.67. The predicted molar refractivity (Wildman–Crippen MR) is 70.8 cm³/mol. The van der Waals surface area contributed by atoms with E-state index < -0.39 is 0 Å². The Hall–Kier alpha value is -0.900. The molecule has 0 amide bonds. The van der Waals surface area contributed by atoms with Crippen LogP contribution in [0.25, 0.3) is 0 Å². The molecule has 1 aromatic rings. The van der Waals surface area contributed by atoms with Crippen molar-refractivity contribution >= 4 is 0 Å². The second-order valence-electron chi connectivity index (χ2n) is 5.46. The van der Waals surface area contributed by atoms with E-state index in [-0.39, 0.29) is 5.41 Å². The Morgan fingerprint density at radius 3 is 2.65 bits per heavy atom. The lowest BCUT2D eigenvalue weighted by Crippen LogP contribution is -2.38. The topological polar surface area (TPSA) is 42.7 Å². The van der Waals surface area contributed by atoms with Gasteiger partial charge in [0.15, 0.2) is 0 Å². The summed E-state index contributed by atoms with van der Waals surface area (Å²) in [5.74, 6) is 1.68. The zero-order chi connectivity index (χ0) is 12.9. The van der Waals surface area contributed by atoms with Gasteiger partial charge in [-0.3, -0.25) is 4.68 Å². The molecule has 98 valence electrons. The molecule has 4 nitrogen and oxygen atoms in total. The van der Waals surface area contributed by atoms with E-state index in [9.17, 15) is 0 Å². The van der Waals surface area contributed by atoms with Crippen molar-refractivity contribution in [2.75, 3.05) is 13.1 Å². The Kier molecular flexibility index (Phi) is 5.12. The molecular weight excluding hydrogens is 212 g/mol. The van der Waals surface area contributed by atoms with Gasteiger partial charge in [0.1, 0.15) is 12.2 Å². The van der Waals surface area contributed by atoms with Crippen molar-refractivity contribution in [1.29, 1.82) is 0 Å². The number of aryl methyl sites for hydroxylation is 1. The van der Waals surface area contributed by atoms with Crippen LogP contribution in [-0.2, 0) is 13.5 Å². The maximum atomic E-state index is 4.34. The molecule has 0 radical (unpaired) electrons. The molecule has 1 rings (SSSR count). The molecule has 0 aromatic carbocycles. The highest BCUT2D eigenvalue weighted by atomic mass is 15.3. The highest BCUT2D eigenvalue weighted by Gasteiger charge is 2.29. The largest absolute Gasteiger partial charge is 0.316 e. The lowest BCUT2D eigenvalue weighted by Gasteiger charge is -2.33. The third-order valence-corrected chi connectivity index (χ3v) is 3.72. The molecule has 1 aromatic heterocycles. The van der Waals surface area contributed by atoms with Crippen molar-refractivity contribution in [2.24, 2.45) is 18.4 Å². The van der Waals surface area contributed by atoms with E-state index in [1.165, 1.54) is 6.42 Å². The van der Waals surface area contributed by atoms with Gasteiger partial charge in [-0.1, -0.05) is 27.7 Å². The number of nitrogens with zero attached hydrogens (tertiary/aromatic N) is 3. The molecule has 0 aliphatic heterocycles. The van der Waals surface area contributed by atoms with Crippen molar-refractivity contribution in [3.05, 3.63) is 12.2 Å². The highest BCUT2D eigenvalue weighted by Crippen LogP contribution is 2.29. The van der Waals surface area contributed by atoms with E-state index >= 15 is 0 Å². The van der Waals surface area contributed by atoms with Crippen LogP contribution in [0.1, 0.15) is 39.9 Å². The number of hydrogen-bond donors (Lipinski definition) is 1. The van der Waals surface area contributed by atoms with E-state index in [0.29, 0.717) is 5.92 Å². The molecule has 0 fully saturated rings. The first-order valence-electron chi connectivity index (χ1n) is 6.53. The fourth-order valence-corrected chi connectivity index (χ4v) is 1.86. The molecular formula is C13H26N4. The van der Waals surface area contributed by atoms with Crippen molar-refractivity contribution in [3.8, 4) is 0 Å². The van der Waals surface area contributed by atoms with Gasteiger partial charge in [-0.2, -0.15) is 5.10 Å². The quantitative estimate of drug-likeness (QED) is 0.739. The van der Waals surface area contributed by atoms with Crippen molar-refractivity contribution in [3.63, 3.8) is 0 Å². The van der Waals surface area contributed by atoms with Gasteiger partial charge in [-0.05, 0) is 24.3 Å². The van der Waals surface area contributed by atoms with Crippen molar-refractivity contribution in [2.45, 2.75) is 40.5 Å². The third kappa shape index (κ3) is 3.80. The second kappa shape index (κ2) is 6.15. The van der Waals surface area contributed by atoms with Crippen LogP contribution in [-0.4, -0.2) is 27.9 Å². The van der Waals surface area contributed by atoms with E-state index in [4.69, 9.17) is 0 Å². The SMILES string of the molecule is CCCNCC(C)(Cc1ncnn1C)C(C)C. The van der Waals surface area contributed by atoms with Gasteiger partial charge in [0.2, 0.25) is 0 Å². The Morgan fingerprint density at radius 1 is 1.47 bits per heavy atom. The summed E-state index contributed by atoms with van der Waals surface area (Å²) in [6.45, 7) is 11.2. The fraction of sp³-hybridized carbons (Fsp3) is 0.846. The summed E-state index contributed by atoms with van der Waals surface area (Å²) < 4.78 is 1.88. The van der Waals surface area contributed by atoms with Gasteiger partial charge in [0.05, 0.1) is 0 Å². The monoisotopic (exact) mass is 238 g/mol. The van der Waals surface area contributed by atoms with Gasteiger partial charge in [-0.25, -0.2) is 4.98 Å². The molecule has 1 atom stereocenters. The van der Waals surface area contributed by atoms with Gasteiger partial charge in [0.25, 0.3) is 0 Å². The first-order chi connectivity index (χ1) is 7.99. The predicted octanol–water partition coefficient (Wildman–Crippen LogP) is 2.02. The molecule has 0 aliphatic carbocycles. The van der Waals surface area contributed by atoms with Gasteiger partial charge in [0, 0.05) is 20.0 Å². The Balaban J connectivity index is 2.68. The van der Waals surface area contributed by atoms with Gasteiger partial charge < -0.3 is 5.32 Å². The first kappa shape index (κ1) is 14.2. The lowest BCUT2D eigenvalue weighted by molar-refractivity contribution is 0.201. The molecule has 0 bridgehead atoms. The van der Waals surface area contributed by atoms with E-state index in [0.717, 1.165) is 25.3 Å². The van der Waals surface area contributed by atoms with Crippen LogP contribution in [0.2, 0.25) is 0 Å². The van der Waals surface area contributed by atoms with Crippen LogP contribution in [0.4, 0.5) is 0 Å². The number of nitrogens with one attached hydrogen (secondary N) is 1. The Morgan fingerprint density at radius 2 is 2.18 bits per heavy atom.